The molecular formula is C15H21N3OS. The van der Waals surface area contributed by atoms with Gasteiger partial charge in [-0.05, 0) is 36.0 Å². The molecule has 0 saturated carbocycles. The highest BCUT2D eigenvalue weighted by molar-refractivity contribution is 7.98. The van der Waals surface area contributed by atoms with Crippen LogP contribution < -0.4 is 0 Å². The molecule has 0 aliphatic rings. The summed E-state index contributed by atoms with van der Waals surface area (Å²) < 4.78 is 1.78. The van der Waals surface area contributed by atoms with Gasteiger partial charge < -0.3 is 5.11 Å². The minimum absolute atomic E-state index is 0.542. The van der Waals surface area contributed by atoms with Crippen molar-refractivity contribution in [3.63, 3.8) is 0 Å². The van der Waals surface area contributed by atoms with E-state index in [1.54, 1.807) is 16.4 Å². The predicted octanol–water partition coefficient (Wildman–Crippen LogP) is 2.68. The summed E-state index contributed by atoms with van der Waals surface area (Å²) in [5.41, 5.74) is 2.50. The van der Waals surface area contributed by atoms with Crippen molar-refractivity contribution in [2.75, 3.05) is 12.0 Å². The quantitative estimate of drug-likeness (QED) is 0.852. The number of benzene rings is 1. The molecule has 1 aromatic heterocycles. The molecule has 0 spiro atoms. The van der Waals surface area contributed by atoms with Crippen LogP contribution in [0, 0.1) is 0 Å². The summed E-state index contributed by atoms with van der Waals surface area (Å²) in [5, 5.41) is 14.4. The third kappa shape index (κ3) is 3.84. The second-order valence-corrected chi connectivity index (χ2v) is 5.73. The van der Waals surface area contributed by atoms with E-state index in [4.69, 9.17) is 0 Å². The van der Waals surface area contributed by atoms with E-state index in [0.717, 1.165) is 12.2 Å². The van der Waals surface area contributed by atoms with Gasteiger partial charge >= 0.3 is 0 Å². The maximum absolute atomic E-state index is 10.1. The molecule has 4 nitrogen and oxygen atoms in total. The number of aliphatic hydroxyl groups excluding tert-OH is 1. The van der Waals surface area contributed by atoms with Gasteiger partial charge in [0.25, 0.3) is 0 Å². The van der Waals surface area contributed by atoms with Crippen LogP contribution in [0.3, 0.4) is 0 Å². The first-order valence-electron chi connectivity index (χ1n) is 6.87. The largest absolute Gasteiger partial charge is 0.385 e. The molecule has 2 rings (SSSR count). The van der Waals surface area contributed by atoms with Gasteiger partial charge in [-0.15, -0.1) is 0 Å². The van der Waals surface area contributed by atoms with E-state index in [-0.39, 0.29) is 0 Å². The van der Waals surface area contributed by atoms with Crippen LogP contribution in [0.1, 0.15) is 36.4 Å². The lowest BCUT2D eigenvalue weighted by Crippen LogP contribution is -2.12. The van der Waals surface area contributed by atoms with Crippen molar-refractivity contribution in [1.82, 2.24) is 14.8 Å². The number of aryl methyl sites for hydroxylation is 1. The monoisotopic (exact) mass is 291 g/mol. The van der Waals surface area contributed by atoms with Gasteiger partial charge in [0.2, 0.25) is 0 Å². The third-order valence-electron chi connectivity index (χ3n) is 3.30. The third-order valence-corrected chi connectivity index (χ3v) is 3.95. The van der Waals surface area contributed by atoms with Gasteiger partial charge in [0.15, 0.2) is 5.82 Å². The first-order valence-corrected chi connectivity index (χ1v) is 8.26. The number of aromatic nitrogens is 3. The molecule has 0 aliphatic carbocycles. The summed E-state index contributed by atoms with van der Waals surface area (Å²) in [6.45, 7) is 2.79. The van der Waals surface area contributed by atoms with Crippen molar-refractivity contribution in [2.24, 2.45) is 0 Å². The van der Waals surface area contributed by atoms with Gasteiger partial charge in [-0.1, -0.05) is 31.2 Å². The molecule has 0 unspecified atom stereocenters. The van der Waals surface area contributed by atoms with Gasteiger partial charge in [0.05, 0.1) is 6.54 Å². The molecular weight excluding hydrogens is 270 g/mol. The summed E-state index contributed by atoms with van der Waals surface area (Å²) in [4.78, 5) is 4.19. The molecule has 0 bridgehead atoms. The molecule has 20 heavy (non-hydrogen) atoms. The van der Waals surface area contributed by atoms with E-state index < -0.39 is 6.10 Å². The van der Waals surface area contributed by atoms with Crippen LogP contribution in [0.4, 0.5) is 0 Å². The fourth-order valence-electron chi connectivity index (χ4n) is 2.06. The smallest absolute Gasteiger partial charge is 0.156 e. The lowest BCUT2D eigenvalue weighted by atomic mass is 10.1. The molecule has 1 N–H and O–H groups in total. The van der Waals surface area contributed by atoms with E-state index in [2.05, 4.69) is 41.3 Å². The Morgan fingerprint density at radius 2 is 1.95 bits per heavy atom. The van der Waals surface area contributed by atoms with Crippen molar-refractivity contribution in [1.29, 1.82) is 0 Å². The normalized spacial score (nSPS) is 12.6. The highest BCUT2D eigenvalue weighted by atomic mass is 32.2. The van der Waals surface area contributed by atoms with Crippen LogP contribution in [0.2, 0.25) is 0 Å². The Kier molecular flexibility index (Phi) is 5.61. The molecule has 0 aliphatic heterocycles. The topological polar surface area (TPSA) is 50.9 Å². The van der Waals surface area contributed by atoms with Crippen molar-refractivity contribution < 1.29 is 5.11 Å². The summed E-state index contributed by atoms with van der Waals surface area (Å²) in [7, 11) is 0. The van der Waals surface area contributed by atoms with Gasteiger partial charge in [0, 0.05) is 0 Å². The Bertz CT molecular complexity index is 524. The number of nitrogens with zero attached hydrogens (tertiary/aromatic N) is 3. The van der Waals surface area contributed by atoms with E-state index in [0.29, 0.717) is 18.8 Å². The summed E-state index contributed by atoms with van der Waals surface area (Å²) in [6, 6.07) is 8.49. The van der Waals surface area contributed by atoms with Gasteiger partial charge in [-0.3, -0.25) is 0 Å². The standard InChI is InChI=1S/C15H21N3OS/c1-3-12-4-6-13(7-5-12)10-18-15(16-11-17-18)14(19)8-9-20-2/h4-7,11,14,19H,3,8-10H2,1-2H3/t14-/m1/s1. The van der Waals surface area contributed by atoms with Gasteiger partial charge in [-0.2, -0.15) is 16.9 Å². The van der Waals surface area contributed by atoms with E-state index in [1.165, 1.54) is 17.5 Å². The SMILES string of the molecule is CCc1ccc(Cn2ncnc2[C@H](O)CCSC)cc1. The number of rotatable bonds is 7. The minimum atomic E-state index is -0.542. The predicted molar refractivity (Wildman–Crippen MR) is 82.9 cm³/mol. The molecule has 0 amide bonds. The zero-order valence-electron chi connectivity index (χ0n) is 12.0. The molecule has 108 valence electrons. The Balaban J connectivity index is 2.07. The second-order valence-electron chi connectivity index (χ2n) is 4.74. The van der Waals surface area contributed by atoms with Crippen LogP contribution in [-0.2, 0) is 13.0 Å². The Hall–Kier alpha value is -1.33. The molecule has 0 fully saturated rings. The van der Waals surface area contributed by atoms with Crippen molar-refractivity contribution in [3.8, 4) is 0 Å². The summed E-state index contributed by atoms with van der Waals surface area (Å²) in [6.07, 6.45) is 4.75. The Labute approximate surface area is 124 Å². The van der Waals surface area contributed by atoms with Crippen LogP contribution in [0.5, 0.6) is 0 Å². The highest BCUT2D eigenvalue weighted by Gasteiger charge is 2.14. The van der Waals surface area contributed by atoms with Crippen LogP contribution >= 0.6 is 11.8 Å². The minimum Gasteiger partial charge on any atom is -0.385 e. The van der Waals surface area contributed by atoms with Crippen LogP contribution in [0.25, 0.3) is 0 Å². The zero-order valence-corrected chi connectivity index (χ0v) is 12.8. The summed E-state index contributed by atoms with van der Waals surface area (Å²) in [5.74, 6) is 1.57. The molecule has 0 saturated heterocycles. The average Bonchev–Trinajstić information content (AvgIpc) is 2.94. The zero-order chi connectivity index (χ0) is 14.4. The Morgan fingerprint density at radius 1 is 1.25 bits per heavy atom. The molecule has 0 radical (unpaired) electrons. The first kappa shape index (κ1) is 15.1. The van der Waals surface area contributed by atoms with E-state index >= 15 is 0 Å². The molecule has 1 atom stereocenters. The number of thioether (sulfide) groups is 1. The molecule has 2 aromatic rings. The number of hydrogen-bond donors (Lipinski definition) is 1. The van der Waals surface area contributed by atoms with Crippen molar-refractivity contribution in [3.05, 3.63) is 47.5 Å². The Morgan fingerprint density at radius 3 is 2.60 bits per heavy atom. The van der Waals surface area contributed by atoms with Crippen molar-refractivity contribution in [2.45, 2.75) is 32.4 Å². The molecule has 1 heterocycles. The lowest BCUT2D eigenvalue weighted by Gasteiger charge is -2.11. The second kappa shape index (κ2) is 7.45. The lowest BCUT2D eigenvalue weighted by molar-refractivity contribution is 0.159. The van der Waals surface area contributed by atoms with Crippen LogP contribution in [0.15, 0.2) is 30.6 Å². The average molecular weight is 291 g/mol. The van der Waals surface area contributed by atoms with Gasteiger partial charge in [0.1, 0.15) is 12.4 Å². The van der Waals surface area contributed by atoms with Gasteiger partial charge in [-0.25, -0.2) is 9.67 Å². The molecule has 1 aromatic carbocycles. The van der Waals surface area contributed by atoms with Crippen LogP contribution in [-0.4, -0.2) is 31.9 Å². The van der Waals surface area contributed by atoms with E-state index in [9.17, 15) is 5.11 Å². The highest BCUT2D eigenvalue weighted by Crippen LogP contribution is 2.17. The fraction of sp³-hybridized carbons (Fsp3) is 0.467. The maximum Gasteiger partial charge on any atom is 0.156 e. The number of aliphatic hydroxyl groups is 1. The van der Waals surface area contributed by atoms with E-state index in [1.807, 2.05) is 6.26 Å². The first-order chi connectivity index (χ1) is 9.74. The van der Waals surface area contributed by atoms with Crippen molar-refractivity contribution >= 4 is 11.8 Å². The fourth-order valence-corrected chi connectivity index (χ4v) is 2.52. The summed E-state index contributed by atoms with van der Waals surface area (Å²) >= 11 is 1.72. The molecule has 5 heteroatoms. The number of hydrogen-bond acceptors (Lipinski definition) is 4. The maximum atomic E-state index is 10.1.